The van der Waals surface area contributed by atoms with Crippen LogP contribution in [0.4, 0.5) is 13.2 Å². The van der Waals surface area contributed by atoms with Gasteiger partial charge >= 0.3 is 0 Å². The third-order valence-electron chi connectivity index (χ3n) is 7.64. The van der Waals surface area contributed by atoms with Crippen LogP contribution in [0, 0.1) is 17.5 Å². The van der Waals surface area contributed by atoms with Crippen LogP contribution in [0.2, 0.25) is 0 Å². The fourth-order valence-corrected chi connectivity index (χ4v) is 5.61. The molecule has 2 saturated carbocycles. The van der Waals surface area contributed by atoms with Gasteiger partial charge in [-0.2, -0.15) is 0 Å². The van der Waals surface area contributed by atoms with Crippen molar-refractivity contribution in [2.75, 3.05) is 13.2 Å². The molecular weight excluding hydrogens is 465 g/mol. The van der Waals surface area contributed by atoms with Crippen LogP contribution in [0.25, 0.3) is 0 Å². The minimum Gasteiger partial charge on any atom is -0.486 e. The minimum atomic E-state index is -0.789. The van der Waals surface area contributed by atoms with Gasteiger partial charge in [0, 0.05) is 12.2 Å². The molecule has 0 saturated heterocycles. The molecule has 0 heterocycles. The smallest absolute Gasteiger partial charge is 0.165 e. The van der Waals surface area contributed by atoms with E-state index in [1.165, 1.54) is 0 Å². The molecule has 2 aliphatic rings. The molecule has 2 aliphatic carbocycles. The summed E-state index contributed by atoms with van der Waals surface area (Å²) in [6.07, 6.45) is 8.50. The molecule has 0 spiro atoms. The zero-order valence-electron chi connectivity index (χ0n) is 21.1. The average molecular weight is 503 g/mol. The summed E-state index contributed by atoms with van der Waals surface area (Å²) < 4.78 is 61.1. The topological polar surface area (TPSA) is 27.7 Å². The Morgan fingerprint density at radius 2 is 1.50 bits per heavy atom. The van der Waals surface area contributed by atoms with Crippen LogP contribution in [0.3, 0.4) is 0 Å². The number of benzene rings is 2. The molecule has 6 heteroatoms. The molecule has 0 aliphatic heterocycles. The molecule has 4 rings (SSSR count). The van der Waals surface area contributed by atoms with Gasteiger partial charge in [-0.25, -0.2) is 13.2 Å². The fourth-order valence-electron chi connectivity index (χ4n) is 5.61. The van der Waals surface area contributed by atoms with Crippen molar-refractivity contribution in [1.29, 1.82) is 0 Å². The first-order valence-corrected chi connectivity index (χ1v) is 13.2. The number of hydrogen-bond donors (Lipinski definition) is 0. The van der Waals surface area contributed by atoms with Crippen LogP contribution >= 0.6 is 0 Å². The molecule has 3 nitrogen and oxygen atoms in total. The molecule has 196 valence electrons. The Balaban J connectivity index is 1.27. The third kappa shape index (κ3) is 6.51. The Morgan fingerprint density at radius 3 is 2.14 bits per heavy atom. The second-order valence-electron chi connectivity index (χ2n) is 9.95. The summed E-state index contributed by atoms with van der Waals surface area (Å²) in [7, 11) is 0. The maximum atomic E-state index is 14.9. The van der Waals surface area contributed by atoms with Crippen molar-refractivity contribution in [2.45, 2.75) is 88.9 Å². The second kappa shape index (κ2) is 12.8. The summed E-state index contributed by atoms with van der Waals surface area (Å²) in [6.45, 7) is 6.56. The van der Waals surface area contributed by atoms with E-state index in [0.29, 0.717) is 12.2 Å². The molecule has 2 aromatic rings. The maximum Gasteiger partial charge on any atom is 0.165 e. The number of halogens is 3. The molecule has 0 aromatic heterocycles. The van der Waals surface area contributed by atoms with E-state index in [0.717, 1.165) is 56.9 Å². The Hall–Kier alpha value is -2.31. The normalized spacial score (nSPS) is 24.4. The lowest BCUT2D eigenvalue weighted by Crippen LogP contribution is -2.22. The van der Waals surface area contributed by atoms with Crippen molar-refractivity contribution in [1.82, 2.24) is 0 Å². The summed E-state index contributed by atoms with van der Waals surface area (Å²) in [5, 5.41) is 0. The van der Waals surface area contributed by atoms with Crippen molar-refractivity contribution in [2.24, 2.45) is 0 Å². The van der Waals surface area contributed by atoms with E-state index in [1.54, 1.807) is 30.3 Å². The van der Waals surface area contributed by atoms with Crippen molar-refractivity contribution in [3.05, 3.63) is 77.1 Å². The predicted octanol–water partition coefficient (Wildman–Crippen LogP) is 7.97. The Labute approximate surface area is 212 Å². The third-order valence-corrected chi connectivity index (χ3v) is 7.64. The van der Waals surface area contributed by atoms with Gasteiger partial charge in [-0.1, -0.05) is 30.9 Å². The quantitative estimate of drug-likeness (QED) is 0.308. The summed E-state index contributed by atoms with van der Waals surface area (Å²) in [6, 6.07) is 8.54. The highest BCUT2D eigenvalue weighted by molar-refractivity contribution is 5.32. The molecule has 0 atom stereocenters. The Morgan fingerprint density at radius 1 is 0.833 bits per heavy atom. The molecule has 0 unspecified atom stereocenters. The fraction of sp³-hybridized carbons (Fsp3) is 0.533. The lowest BCUT2D eigenvalue weighted by molar-refractivity contribution is 0.0118. The molecule has 36 heavy (non-hydrogen) atoms. The van der Waals surface area contributed by atoms with Crippen LogP contribution in [-0.2, 0) is 16.1 Å². The van der Waals surface area contributed by atoms with E-state index < -0.39 is 11.6 Å². The second-order valence-corrected chi connectivity index (χ2v) is 9.95. The number of rotatable bonds is 10. The molecule has 2 aromatic carbocycles. The Kier molecular flexibility index (Phi) is 9.49. The predicted molar refractivity (Wildman–Crippen MR) is 135 cm³/mol. The van der Waals surface area contributed by atoms with Crippen LogP contribution in [0.15, 0.2) is 43.0 Å². The van der Waals surface area contributed by atoms with Crippen molar-refractivity contribution in [3.8, 4) is 5.75 Å². The van der Waals surface area contributed by atoms with Crippen molar-refractivity contribution >= 4 is 0 Å². The number of hydrogen-bond acceptors (Lipinski definition) is 3. The monoisotopic (exact) mass is 502 g/mol. The zero-order valence-corrected chi connectivity index (χ0v) is 21.1. The first-order chi connectivity index (χ1) is 17.5. The lowest BCUT2D eigenvalue weighted by atomic mass is 9.82. The van der Waals surface area contributed by atoms with Crippen molar-refractivity contribution < 1.29 is 27.4 Å². The van der Waals surface area contributed by atoms with E-state index in [-0.39, 0.29) is 54.4 Å². The summed E-state index contributed by atoms with van der Waals surface area (Å²) in [5.74, 6) is -1.37. The zero-order chi connectivity index (χ0) is 25.5. The SMILES string of the molecule is C=CCOc1ccc(C2CCC(OCc3ccc(C4CCC(OCC)CC4)c(F)c3F)CC2)cc1F. The van der Waals surface area contributed by atoms with Gasteiger partial charge in [-0.05, 0) is 93.4 Å². The van der Waals surface area contributed by atoms with Gasteiger partial charge in [0.1, 0.15) is 6.61 Å². The first-order valence-electron chi connectivity index (χ1n) is 13.2. The van der Waals surface area contributed by atoms with E-state index in [9.17, 15) is 13.2 Å². The van der Waals surface area contributed by atoms with E-state index >= 15 is 0 Å². The van der Waals surface area contributed by atoms with Gasteiger partial charge < -0.3 is 14.2 Å². The van der Waals surface area contributed by atoms with Crippen molar-refractivity contribution in [3.63, 3.8) is 0 Å². The van der Waals surface area contributed by atoms with Crippen LogP contribution in [0.5, 0.6) is 5.75 Å². The van der Waals surface area contributed by atoms with Crippen LogP contribution in [0.1, 0.15) is 86.8 Å². The maximum absolute atomic E-state index is 14.9. The average Bonchev–Trinajstić information content (AvgIpc) is 2.90. The molecule has 0 radical (unpaired) electrons. The van der Waals surface area contributed by atoms with E-state index in [1.807, 2.05) is 13.0 Å². The highest BCUT2D eigenvalue weighted by Crippen LogP contribution is 2.38. The standard InChI is InChI=1S/C30H37F3O3/c1-3-17-35-28-16-10-22(18-27(28)31)20-5-11-25(12-6-20)36-19-23-9-15-26(30(33)29(23)32)21-7-13-24(14-8-21)34-4-2/h3,9-10,15-16,18,20-21,24-25H,1,4-8,11-14,17,19H2,2H3. The van der Waals surface area contributed by atoms with E-state index in [4.69, 9.17) is 14.2 Å². The van der Waals surface area contributed by atoms with Gasteiger partial charge in [0.25, 0.3) is 0 Å². The molecular formula is C30H37F3O3. The van der Waals surface area contributed by atoms with Gasteiger partial charge in [-0.15, -0.1) is 0 Å². The highest BCUT2D eigenvalue weighted by atomic mass is 19.2. The van der Waals surface area contributed by atoms with Gasteiger partial charge in [-0.3, -0.25) is 0 Å². The van der Waals surface area contributed by atoms with Gasteiger partial charge in [0.2, 0.25) is 0 Å². The molecule has 2 fully saturated rings. The minimum absolute atomic E-state index is 0.0164. The molecule has 0 bridgehead atoms. The molecule has 0 N–H and O–H groups in total. The lowest BCUT2D eigenvalue weighted by Gasteiger charge is -2.30. The van der Waals surface area contributed by atoms with E-state index in [2.05, 4.69) is 6.58 Å². The summed E-state index contributed by atoms with van der Waals surface area (Å²) >= 11 is 0. The first kappa shape index (κ1) is 26.7. The van der Waals surface area contributed by atoms with Crippen LogP contribution < -0.4 is 4.74 Å². The Bertz CT molecular complexity index is 1010. The highest BCUT2D eigenvalue weighted by Gasteiger charge is 2.28. The summed E-state index contributed by atoms with van der Waals surface area (Å²) in [4.78, 5) is 0. The number of ether oxygens (including phenoxy) is 3. The largest absolute Gasteiger partial charge is 0.486 e. The summed E-state index contributed by atoms with van der Waals surface area (Å²) in [5.41, 5.74) is 1.69. The van der Waals surface area contributed by atoms with Crippen LogP contribution in [-0.4, -0.2) is 25.4 Å². The van der Waals surface area contributed by atoms with Gasteiger partial charge in [0.05, 0.1) is 18.8 Å². The molecule has 0 amide bonds. The van der Waals surface area contributed by atoms with Gasteiger partial charge in [0.15, 0.2) is 23.2 Å².